The Morgan fingerprint density at radius 1 is 1.05 bits per heavy atom. The minimum Gasteiger partial charge on any atom is -0.492 e. The highest BCUT2D eigenvalue weighted by Crippen LogP contribution is 2.26. The van der Waals surface area contributed by atoms with E-state index in [0.29, 0.717) is 12.6 Å². The molecule has 0 saturated heterocycles. The lowest BCUT2D eigenvalue weighted by molar-refractivity contribution is 0.320. The molecule has 0 fully saturated rings. The summed E-state index contributed by atoms with van der Waals surface area (Å²) in [6.45, 7) is 5.86. The highest BCUT2D eigenvalue weighted by Gasteiger charge is 2.03. The van der Waals surface area contributed by atoms with Crippen molar-refractivity contribution >= 4 is 15.9 Å². The van der Waals surface area contributed by atoms with Crippen molar-refractivity contribution in [1.29, 1.82) is 0 Å². The molecule has 0 saturated carbocycles. The number of ether oxygens (including phenoxy) is 1. The average molecular weight is 348 g/mol. The van der Waals surface area contributed by atoms with Crippen molar-refractivity contribution in [1.82, 2.24) is 5.32 Å². The molecule has 0 heterocycles. The maximum atomic E-state index is 5.85. The van der Waals surface area contributed by atoms with Crippen LogP contribution in [0.2, 0.25) is 0 Å². The summed E-state index contributed by atoms with van der Waals surface area (Å²) in [6, 6.07) is 17.1. The van der Waals surface area contributed by atoms with Gasteiger partial charge in [-0.05, 0) is 39.2 Å². The van der Waals surface area contributed by atoms with Crippen LogP contribution in [-0.4, -0.2) is 12.6 Å². The first kappa shape index (κ1) is 16.1. The molecule has 1 N–H and O–H groups in total. The second-order valence-electron chi connectivity index (χ2n) is 5.38. The third-order valence-corrected chi connectivity index (χ3v) is 3.82. The van der Waals surface area contributed by atoms with Gasteiger partial charge < -0.3 is 10.1 Å². The lowest BCUT2D eigenvalue weighted by Crippen LogP contribution is -2.21. The van der Waals surface area contributed by atoms with E-state index in [0.717, 1.165) is 23.2 Å². The standard InChI is InChI=1S/C18H22BrNO/c1-14(2)20-13-16-8-9-18(17(19)12-16)21-11-10-15-6-4-3-5-7-15/h3-9,12,14,20H,10-11,13H2,1-2H3. The summed E-state index contributed by atoms with van der Waals surface area (Å²) in [7, 11) is 0. The number of rotatable bonds is 7. The molecule has 0 spiro atoms. The molecule has 3 heteroatoms. The molecular formula is C18H22BrNO. The SMILES string of the molecule is CC(C)NCc1ccc(OCCc2ccccc2)c(Br)c1. The van der Waals surface area contributed by atoms with Crippen LogP contribution in [0.15, 0.2) is 53.0 Å². The van der Waals surface area contributed by atoms with E-state index >= 15 is 0 Å². The molecule has 2 aromatic rings. The summed E-state index contributed by atoms with van der Waals surface area (Å²) in [5.41, 5.74) is 2.55. The molecule has 0 amide bonds. The number of halogens is 1. The molecule has 2 rings (SSSR count). The van der Waals surface area contributed by atoms with Crippen molar-refractivity contribution in [3.05, 3.63) is 64.1 Å². The van der Waals surface area contributed by atoms with E-state index in [-0.39, 0.29) is 0 Å². The second kappa shape index (κ2) is 8.20. The Labute approximate surface area is 135 Å². The fraction of sp³-hybridized carbons (Fsp3) is 0.333. The van der Waals surface area contributed by atoms with Crippen molar-refractivity contribution in [2.24, 2.45) is 0 Å². The maximum Gasteiger partial charge on any atom is 0.133 e. The Balaban J connectivity index is 1.86. The molecule has 0 atom stereocenters. The molecule has 2 aromatic carbocycles. The van der Waals surface area contributed by atoms with Crippen molar-refractivity contribution in [3.8, 4) is 5.75 Å². The summed E-state index contributed by atoms with van der Waals surface area (Å²) in [6.07, 6.45) is 0.921. The fourth-order valence-electron chi connectivity index (χ4n) is 2.02. The van der Waals surface area contributed by atoms with Gasteiger partial charge in [-0.2, -0.15) is 0 Å². The van der Waals surface area contributed by atoms with Crippen molar-refractivity contribution in [3.63, 3.8) is 0 Å². The fourth-order valence-corrected chi connectivity index (χ4v) is 2.56. The minimum absolute atomic E-state index is 0.491. The Bertz CT molecular complexity index is 554. The van der Waals surface area contributed by atoms with Gasteiger partial charge in [0.05, 0.1) is 11.1 Å². The summed E-state index contributed by atoms with van der Waals surface area (Å²) in [5.74, 6) is 0.902. The van der Waals surface area contributed by atoms with E-state index in [1.807, 2.05) is 12.1 Å². The van der Waals surface area contributed by atoms with Crippen LogP contribution in [0.1, 0.15) is 25.0 Å². The highest BCUT2D eigenvalue weighted by atomic mass is 79.9. The smallest absolute Gasteiger partial charge is 0.133 e. The first-order valence-electron chi connectivity index (χ1n) is 7.33. The van der Waals surface area contributed by atoms with E-state index in [1.165, 1.54) is 11.1 Å². The van der Waals surface area contributed by atoms with Crippen LogP contribution in [0.3, 0.4) is 0 Å². The highest BCUT2D eigenvalue weighted by molar-refractivity contribution is 9.10. The summed E-state index contributed by atoms with van der Waals surface area (Å²) >= 11 is 3.59. The predicted octanol–water partition coefficient (Wildman–Crippen LogP) is 4.57. The van der Waals surface area contributed by atoms with Crippen molar-refractivity contribution in [2.45, 2.75) is 32.9 Å². The lowest BCUT2D eigenvalue weighted by atomic mass is 10.2. The number of nitrogens with one attached hydrogen (secondary N) is 1. The molecule has 0 aromatic heterocycles. The molecule has 0 bridgehead atoms. The molecule has 112 valence electrons. The van der Waals surface area contributed by atoms with Gasteiger partial charge in [0, 0.05) is 19.0 Å². The van der Waals surface area contributed by atoms with E-state index < -0.39 is 0 Å². The van der Waals surface area contributed by atoms with Crippen LogP contribution >= 0.6 is 15.9 Å². The van der Waals surface area contributed by atoms with E-state index in [4.69, 9.17) is 4.74 Å². The van der Waals surface area contributed by atoms with Gasteiger partial charge in [-0.1, -0.05) is 50.2 Å². The van der Waals surface area contributed by atoms with Crippen molar-refractivity contribution < 1.29 is 4.74 Å². The number of hydrogen-bond acceptors (Lipinski definition) is 2. The van der Waals surface area contributed by atoms with Crippen LogP contribution in [0.25, 0.3) is 0 Å². The van der Waals surface area contributed by atoms with E-state index in [1.54, 1.807) is 0 Å². The quantitative estimate of drug-likeness (QED) is 0.792. The molecule has 0 unspecified atom stereocenters. The summed E-state index contributed by atoms with van der Waals surface area (Å²) in [5, 5.41) is 3.41. The van der Waals surface area contributed by atoms with Gasteiger partial charge in [0.1, 0.15) is 5.75 Å². The van der Waals surface area contributed by atoms with Gasteiger partial charge in [-0.25, -0.2) is 0 Å². The monoisotopic (exact) mass is 347 g/mol. The van der Waals surface area contributed by atoms with Crippen molar-refractivity contribution in [2.75, 3.05) is 6.61 Å². The van der Waals surface area contributed by atoms with Gasteiger partial charge in [0.25, 0.3) is 0 Å². The molecule has 0 aliphatic carbocycles. The normalized spacial score (nSPS) is 10.9. The average Bonchev–Trinajstić information content (AvgIpc) is 2.48. The van der Waals surface area contributed by atoms with Crippen LogP contribution in [-0.2, 0) is 13.0 Å². The molecule has 21 heavy (non-hydrogen) atoms. The first-order valence-corrected chi connectivity index (χ1v) is 8.13. The zero-order valence-corrected chi connectivity index (χ0v) is 14.2. The first-order chi connectivity index (χ1) is 10.1. The Morgan fingerprint density at radius 3 is 2.48 bits per heavy atom. The Hall–Kier alpha value is -1.32. The summed E-state index contributed by atoms with van der Waals surface area (Å²) < 4.78 is 6.87. The number of hydrogen-bond donors (Lipinski definition) is 1. The lowest BCUT2D eigenvalue weighted by Gasteiger charge is -2.11. The van der Waals surface area contributed by atoms with Gasteiger partial charge in [0.2, 0.25) is 0 Å². The Morgan fingerprint density at radius 2 is 1.81 bits per heavy atom. The summed E-state index contributed by atoms with van der Waals surface area (Å²) in [4.78, 5) is 0. The second-order valence-corrected chi connectivity index (χ2v) is 6.24. The molecule has 0 aliphatic heterocycles. The van der Waals surface area contributed by atoms with E-state index in [9.17, 15) is 0 Å². The van der Waals surface area contributed by atoms with Crippen LogP contribution in [0, 0.1) is 0 Å². The van der Waals surface area contributed by atoms with Gasteiger partial charge in [0.15, 0.2) is 0 Å². The maximum absolute atomic E-state index is 5.85. The number of benzene rings is 2. The zero-order valence-electron chi connectivity index (χ0n) is 12.6. The molecular weight excluding hydrogens is 326 g/mol. The predicted molar refractivity (Wildman–Crippen MR) is 91.8 cm³/mol. The zero-order chi connectivity index (χ0) is 15.1. The molecule has 0 radical (unpaired) electrons. The topological polar surface area (TPSA) is 21.3 Å². The minimum atomic E-state index is 0.491. The van der Waals surface area contributed by atoms with Crippen LogP contribution < -0.4 is 10.1 Å². The van der Waals surface area contributed by atoms with E-state index in [2.05, 4.69) is 71.5 Å². The molecule has 2 nitrogen and oxygen atoms in total. The van der Waals surface area contributed by atoms with Gasteiger partial charge >= 0.3 is 0 Å². The molecule has 0 aliphatic rings. The Kier molecular flexibility index (Phi) is 6.27. The van der Waals surface area contributed by atoms with Crippen LogP contribution in [0.5, 0.6) is 5.75 Å². The van der Waals surface area contributed by atoms with Gasteiger partial charge in [-0.3, -0.25) is 0 Å². The largest absolute Gasteiger partial charge is 0.492 e. The third-order valence-electron chi connectivity index (χ3n) is 3.20. The van der Waals surface area contributed by atoms with Gasteiger partial charge in [-0.15, -0.1) is 0 Å². The van der Waals surface area contributed by atoms with Crippen LogP contribution in [0.4, 0.5) is 0 Å². The third kappa shape index (κ3) is 5.52.